The van der Waals surface area contributed by atoms with Gasteiger partial charge in [-0.25, -0.2) is 0 Å². The fraction of sp³-hybridized carbons (Fsp3) is 0.222. The average molecular weight is 236 g/mol. The van der Waals surface area contributed by atoms with Gasteiger partial charge >= 0.3 is 0 Å². The molecule has 18 heavy (non-hydrogen) atoms. The minimum atomic E-state index is 1.24. The highest BCUT2D eigenvalue weighted by atomic mass is 14.1. The largest absolute Gasteiger partial charge is 0.0622 e. The van der Waals surface area contributed by atoms with Crippen LogP contribution in [0.5, 0.6) is 0 Å². The summed E-state index contributed by atoms with van der Waals surface area (Å²) in [6.45, 7) is 8.79. The topological polar surface area (TPSA) is 0 Å². The third-order valence-electron chi connectivity index (χ3n) is 3.78. The average Bonchev–Trinajstić information content (AvgIpc) is 2.40. The highest BCUT2D eigenvalue weighted by molar-refractivity contribution is 5.72. The lowest BCUT2D eigenvalue weighted by atomic mass is 9.94. The second-order valence-corrected chi connectivity index (χ2v) is 4.90. The molecule has 2 rings (SSSR count). The van der Waals surface area contributed by atoms with E-state index in [1.807, 2.05) is 6.07 Å². The Bertz CT molecular complexity index is 575. The van der Waals surface area contributed by atoms with Crippen molar-refractivity contribution in [2.45, 2.75) is 27.7 Å². The zero-order valence-electron chi connectivity index (χ0n) is 11.6. The number of aryl methyl sites for hydroxylation is 1. The van der Waals surface area contributed by atoms with E-state index in [-0.39, 0.29) is 0 Å². The Morgan fingerprint density at radius 2 is 1.39 bits per heavy atom. The number of hydrogen-bond donors (Lipinski definition) is 0. The quantitative estimate of drug-likeness (QED) is 0.637. The second-order valence-electron chi connectivity index (χ2n) is 4.90. The van der Waals surface area contributed by atoms with Crippen LogP contribution in [0.4, 0.5) is 0 Å². The zero-order valence-corrected chi connectivity index (χ0v) is 11.6. The molecular weight excluding hydrogens is 216 g/mol. The smallest absolute Gasteiger partial charge is 0.0222 e. The van der Waals surface area contributed by atoms with Gasteiger partial charge in [0.2, 0.25) is 0 Å². The van der Waals surface area contributed by atoms with Crippen molar-refractivity contribution in [1.82, 2.24) is 0 Å². The Balaban J connectivity index is 2.39. The molecule has 0 aliphatic heterocycles. The molecule has 0 aliphatic rings. The van der Waals surface area contributed by atoms with E-state index in [1.54, 1.807) is 0 Å². The van der Waals surface area contributed by atoms with Crippen LogP contribution in [0.2, 0.25) is 0 Å². The summed E-state index contributed by atoms with van der Waals surface area (Å²) in [6.07, 6.45) is 4.39. The molecule has 0 atom stereocenters. The van der Waals surface area contributed by atoms with Gasteiger partial charge in [-0.3, -0.25) is 0 Å². The summed E-state index contributed by atoms with van der Waals surface area (Å²) in [5.41, 5.74) is 8.12. The van der Waals surface area contributed by atoms with E-state index in [4.69, 9.17) is 0 Å². The lowest BCUT2D eigenvalue weighted by molar-refractivity contribution is 1.21. The molecule has 0 amide bonds. The molecule has 0 aromatic heterocycles. The van der Waals surface area contributed by atoms with Gasteiger partial charge in [-0.1, -0.05) is 48.6 Å². The summed E-state index contributed by atoms with van der Waals surface area (Å²) in [7, 11) is 0. The summed E-state index contributed by atoms with van der Waals surface area (Å²) >= 11 is 0. The van der Waals surface area contributed by atoms with Crippen molar-refractivity contribution in [3.63, 3.8) is 0 Å². The van der Waals surface area contributed by atoms with Gasteiger partial charge in [0.25, 0.3) is 0 Å². The molecule has 0 saturated heterocycles. The molecule has 0 fully saturated rings. The predicted molar refractivity (Wildman–Crippen MR) is 80.8 cm³/mol. The van der Waals surface area contributed by atoms with Crippen LogP contribution in [0, 0.1) is 27.7 Å². The van der Waals surface area contributed by atoms with Crippen molar-refractivity contribution in [2.24, 2.45) is 0 Å². The molecule has 0 nitrogen and oxygen atoms in total. The Labute approximate surface area is 110 Å². The molecule has 2 aromatic carbocycles. The number of rotatable bonds is 2. The molecule has 0 unspecified atom stereocenters. The maximum atomic E-state index is 2.27. The maximum Gasteiger partial charge on any atom is -0.0222 e. The second kappa shape index (κ2) is 5.22. The minimum absolute atomic E-state index is 1.24. The molecule has 0 heterocycles. The molecule has 0 spiro atoms. The fourth-order valence-corrected chi connectivity index (χ4v) is 2.17. The highest BCUT2D eigenvalue weighted by Gasteiger charge is 2.04. The van der Waals surface area contributed by atoms with E-state index in [9.17, 15) is 0 Å². The summed E-state index contributed by atoms with van der Waals surface area (Å²) in [5, 5.41) is 0. The van der Waals surface area contributed by atoms with E-state index >= 15 is 0 Å². The van der Waals surface area contributed by atoms with Gasteiger partial charge in [0.05, 0.1) is 0 Å². The van der Waals surface area contributed by atoms with E-state index < -0.39 is 0 Å². The van der Waals surface area contributed by atoms with Crippen molar-refractivity contribution in [3.05, 3.63) is 69.8 Å². The van der Waals surface area contributed by atoms with Crippen LogP contribution in [0.3, 0.4) is 0 Å². The van der Waals surface area contributed by atoms with Gasteiger partial charge in [0.15, 0.2) is 0 Å². The molecule has 2 aromatic rings. The monoisotopic (exact) mass is 236 g/mol. The Morgan fingerprint density at radius 1 is 0.722 bits per heavy atom. The van der Waals surface area contributed by atoms with Crippen molar-refractivity contribution >= 4 is 12.2 Å². The van der Waals surface area contributed by atoms with Gasteiger partial charge in [-0.15, -0.1) is 0 Å². The van der Waals surface area contributed by atoms with Crippen molar-refractivity contribution in [3.8, 4) is 0 Å². The first-order valence-corrected chi connectivity index (χ1v) is 6.40. The van der Waals surface area contributed by atoms with E-state index in [0.29, 0.717) is 0 Å². The Morgan fingerprint density at radius 3 is 2.06 bits per heavy atom. The van der Waals surface area contributed by atoms with Crippen molar-refractivity contribution in [2.75, 3.05) is 0 Å². The fourth-order valence-electron chi connectivity index (χ4n) is 2.17. The number of benzene rings is 2. The predicted octanol–water partition coefficient (Wildman–Crippen LogP) is 5.09. The van der Waals surface area contributed by atoms with Gasteiger partial charge in [0, 0.05) is 0 Å². The standard InChI is InChI=1S/C18H20/c1-13-12-18(16(4)15(3)14(13)2)11-10-17-8-6-5-7-9-17/h5-12H,1-4H3. The molecule has 0 saturated carbocycles. The summed E-state index contributed by atoms with van der Waals surface area (Å²) in [6, 6.07) is 12.7. The minimum Gasteiger partial charge on any atom is -0.0622 e. The van der Waals surface area contributed by atoms with Gasteiger partial charge in [-0.2, -0.15) is 0 Å². The molecule has 0 radical (unpaired) electrons. The van der Waals surface area contributed by atoms with Crippen LogP contribution >= 0.6 is 0 Å². The molecule has 0 bridgehead atoms. The summed E-state index contributed by atoms with van der Waals surface area (Å²) in [5.74, 6) is 0. The van der Waals surface area contributed by atoms with Gasteiger partial charge in [0.1, 0.15) is 0 Å². The molecule has 0 N–H and O–H groups in total. The third kappa shape index (κ3) is 2.53. The van der Waals surface area contributed by atoms with E-state index in [1.165, 1.54) is 33.4 Å². The van der Waals surface area contributed by atoms with E-state index in [0.717, 1.165) is 0 Å². The zero-order chi connectivity index (χ0) is 13.1. The molecular formula is C18H20. The SMILES string of the molecule is Cc1cc(C=Cc2ccccc2)c(C)c(C)c1C. The van der Waals surface area contributed by atoms with E-state index in [2.05, 4.69) is 70.2 Å². The first-order valence-electron chi connectivity index (χ1n) is 6.40. The van der Waals surface area contributed by atoms with Crippen molar-refractivity contribution in [1.29, 1.82) is 0 Å². The van der Waals surface area contributed by atoms with Crippen LogP contribution < -0.4 is 0 Å². The Hall–Kier alpha value is -1.82. The first kappa shape index (κ1) is 12.6. The number of hydrogen-bond acceptors (Lipinski definition) is 0. The van der Waals surface area contributed by atoms with Gasteiger partial charge in [-0.05, 0) is 61.1 Å². The lowest BCUT2D eigenvalue weighted by Gasteiger charge is -2.11. The normalized spacial score (nSPS) is 11.1. The van der Waals surface area contributed by atoms with Crippen LogP contribution in [-0.2, 0) is 0 Å². The van der Waals surface area contributed by atoms with Crippen LogP contribution in [0.15, 0.2) is 36.4 Å². The summed E-state index contributed by atoms with van der Waals surface area (Å²) in [4.78, 5) is 0. The summed E-state index contributed by atoms with van der Waals surface area (Å²) < 4.78 is 0. The van der Waals surface area contributed by atoms with Crippen LogP contribution in [-0.4, -0.2) is 0 Å². The highest BCUT2D eigenvalue weighted by Crippen LogP contribution is 2.22. The van der Waals surface area contributed by atoms with Crippen LogP contribution in [0.1, 0.15) is 33.4 Å². The molecule has 0 aliphatic carbocycles. The Kier molecular flexibility index (Phi) is 3.66. The van der Waals surface area contributed by atoms with Gasteiger partial charge < -0.3 is 0 Å². The first-order chi connectivity index (χ1) is 8.59. The van der Waals surface area contributed by atoms with Crippen LogP contribution in [0.25, 0.3) is 12.2 Å². The molecule has 0 heteroatoms. The molecule has 92 valence electrons. The maximum absolute atomic E-state index is 2.27. The third-order valence-corrected chi connectivity index (χ3v) is 3.78. The lowest BCUT2D eigenvalue weighted by Crippen LogP contribution is -1.93. The van der Waals surface area contributed by atoms with Crippen molar-refractivity contribution < 1.29 is 0 Å².